The summed E-state index contributed by atoms with van der Waals surface area (Å²) in [6, 6.07) is 7.29. The number of carbonyl (C=O) groups excluding carboxylic acids is 2. The number of carbonyl (C=O) groups is 2. The van der Waals surface area contributed by atoms with E-state index in [4.69, 9.17) is 17.3 Å². The number of rotatable bonds is 6. The largest absolute Gasteiger partial charge is 0.352 e. The Labute approximate surface area is 146 Å². The van der Waals surface area contributed by atoms with Crippen molar-refractivity contribution in [1.82, 2.24) is 15.5 Å². The zero-order valence-electron chi connectivity index (χ0n) is 13.5. The number of nitrogens with one attached hydrogen (secondary N) is 2. The van der Waals surface area contributed by atoms with E-state index >= 15 is 0 Å². The van der Waals surface area contributed by atoms with Crippen molar-refractivity contribution in [2.45, 2.75) is 25.4 Å². The SMILES string of the molecule is NC(=O)NCC(=O)NC1CN(Cc2ccccc2Cl)CC1C1CC1. The predicted molar refractivity (Wildman–Crippen MR) is 92.5 cm³/mol. The van der Waals surface area contributed by atoms with Crippen LogP contribution in [0.5, 0.6) is 0 Å². The van der Waals surface area contributed by atoms with Gasteiger partial charge < -0.3 is 16.4 Å². The Balaban J connectivity index is 1.59. The number of amides is 3. The molecule has 4 N–H and O–H groups in total. The van der Waals surface area contributed by atoms with Gasteiger partial charge in [-0.1, -0.05) is 29.8 Å². The first-order chi connectivity index (χ1) is 11.5. The van der Waals surface area contributed by atoms with Crippen LogP contribution in [-0.4, -0.2) is 42.5 Å². The van der Waals surface area contributed by atoms with Gasteiger partial charge in [-0.05, 0) is 36.3 Å². The Morgan fingerprint density at radius 1 is 1.25 bits per heavy atom. The second kappa shape index (κ2) is 7.40. The highest BCUT2D eigenvalue weighted by molar-refractivity contribution is 6.31. The molecule has 6 nitrogen and oxygen atoms in total. The molecule has 2 fully saturated rings. The van der Waals surface area contributed by atoms with Crippen LogP contribution in [0.4, 0.5) is 4.79 Å². The van der Waals surface area contributed by atoms with Gasteiger partial charge in [0.15, 0.2) is 0 Å². The minimum absolute atomic E-state index is 0.0757. The van der Waals surface area contributed by atoms with Crippen molar-refractivity contribution in [3.63, 3.8) is 0 Å². The Kier molecular flexibility index (Phi) is 5.26. The zero-order chi connectivity index (χ0) is 17.1. The van der Waals surface area contributed by atoms with E-state index in [1.165, 1.54) is 12.8 Å². The summed E-state index contributed by atoms with van der Waals surface area (Å²) in [5.41, 5.74) is 6.11. The Bertz CT molecular complexity index is 620. The molecular formula is C17H23ClN4O2. The van der Waals surface area contributed by atoms with Crippen molar-refractivity contribution in [3.05, 3.63) is 34.9 Å². The van der Waals surface area contributed by atoms with E-state index in [0.29, 0.717) is 11.8 Å². The number of nitrogens with two attached hydrogens (primary N) is 1. The molecular weight excluding hydrogens is 328 g/mol. The summed E-state index contributed by atoms with van der Waals surface area (Å²) in [7, 11) is 0. The summed E-state index contributed by atoms with van der Waals surface area (Å²) >= 11 is 6.26. The summed E-state index contributed by atoms with van der Waals surface area (Å²) in [5, 5.41) is 6.16. The summed E-state index contributed by atoms with van der Waals surface area (Å²) in [6.07, 6.45) is 2.47. The van der Waals surface area contributed by atoms with Gasteiger partial charge in [0, 0.05) is 30.7 Å². The standard InChI is InChI=1S/C17H23ClN4O2/c18-14-4-2-1-3-12(14)8-22-9-13(11-5-6-11)15(10-22)21-16(23)7-20-17(19)24/h1-4,11,13,15H,5-10H2,(H,21,23)(H3,19,20,24). The minimum Gasteiger partial charge on any atom is -0.352 e. The van der Waals surface area contributed by atoms with Gasteiger partial charge in [0.2, 0.25) is 5.91 Å². The minimum atomic E-state index is -0.685. The molecule has 24 heavy (non-hydrogen) atoms. The number of primary amides is 1. The van der Waals surface area contributed by atoms with Crippen LogP contribution >= 0.6 is 11.6 Å². The molecule has 3 amide bonds. The summed E-state index contributed by atoms with van der Waals surface area (Å²) in [5.74, 6) is 0.963. The number of nitrogens with zero attached hydrogens (tertiary/aromatic N) is 1. The fourth-order valence-electron chi connectivity index (χ4n) is 3.49. The quantitative estimate of drug-likeness (QED) is 0.723. The van der Waals surface area contributed by atoms with Crippen LogP contribution in [0.3, 0.4) is 0 Å². The highest BCUT2D eigenvalue weighted by Gasteiger charge is 2.42. The van der Waals surface area contributed by atoms with E-state index in [-0.39, 0.29) is 18.5 Å². The molecule has 2 aliphatic rings. The maximum absolute atomic E-state index is 12.0. The predicted octanol–water partition coefficient (Wildman–Crippen LogP) is 1.33. The van der Waals surface area contributed by atoms with Crippen molar-refractivity contribution in [2.24, 2.45) is 17.6 Å². The normalized spacial score (nSPS) is 23.9. The number of hydrogen-bond acceptors (Lipinski definition) is 3. The monoisotopic (exact) mass is 350 g/mol. The molecule has 1 aromatic rings. The second-order valence-corrected chi connectivity index (χ2v) is 7.09. The zero-order valence-corrected chi connectivity index (χ0v) is 14.3. The lowest BCUT2D eigenvalue weighted by Crippen LogP contribution is -2.46. The number of benzene rings is 1. The molecule has 2 atom stereocenters. The van der Waals surface area contributed by atoms with Gasteiger partial charge in [0.05, 0.1) is 6.54 Å². The lowest BCUT2D eigenvalue weighted by molar-refractivity contribution is -0.121. The van der Waals surface area contributed by atoms with Crippen molar-refractivity contribution in [2.75, 3.05) is 19.6 Å². The van der Waals surface area contributed by atoms with Gasteiger partial charge in [0.1, 0.15) is 0 Å². The highest BCUT2D eigenvalue weighted by atomic mass is 35.5. The molecule has 1 saturated carbocycles. The summed E-state index contributed by atoms with van der Waals surface area (Å²) in [6.45, 7) is 2.47. The van der Waals surface area contributed by atoms with Crippen molar-refractivity contribution < 1.29 is 9.59 Å². The number of hydrogen-bond donors (Lipinski definition) is 3. The molecule has 7 heteroatoms. The molecule has 0 spiro atoms. The van der Waals surface area contributed by atoms with E-state index in [1.807, 2.05) is 24.3 Å². The van der Waals surface area contributed by atoms with Crippen LogP contribution in [-0.2, 0) is 11.3 Å². The average molecular weight is 351 g/mol. The first-order valence-corrected chi connectivity index (χ1v) is 8.69. The number of urea groups is 1. The average Bonchev–Trinajstić information content (AvgIpc) is 3.31. The van der Waals surface area contributed by atoms with E-state index in [9.17, 15) is 9.59 Å². The first-order valence-electron chi connectivity index (χ1n) is 8.31. The van der Waals surface area contributed by atoms with E-state index in [2.05, 4.69) is 15.5 Å². The van der Waals surface area contributed by atoms with Crippen LogP contribution in [0.25, 0.3) is 0 Å². The number of halogens is 1. The summed E-state index contributed by atoms with van der Waals surface area (Å²) < 4.78 is 0. The first kappa shape index (κ1) is 17.0. The number of likely N-dealkylation sites (tertiary alicyclic amines) is 1. The van der Waals surface area contributed by atoms with Gasteiger partial charge in [-0.15, -0.1) is 0 Å². The highest BCUT2D eigenvalue weighted by Crippen LogP contribution is 2.41. The molecule has 130 valence electrons. The molecule has 0 radical (unpaired) electrons. The summed E-state index contributed by atoms with van der Waals surface area (Å²) in [4.78, 5) is 25.1. The maximum atomic E-state index is 12.0. The molecule has 2 unspecified atom stereocenters. The Morgan fingerprint density at radius 2 is 2.00 bits per heavy atom. The van der Waals surface area contributed by atoms with Crippen LogP contribution in [0, 0.1) is 11.8 Å². The fraction of sp³-hybridized carbons (Fsp3) is 0.529. The van der Waals surface area contributed by atoms with Crippen LogP contribution in [0.2, 0.25) is 5.02 Å². The van der Waals surface area contributed by atoms with E-state index in [0.717, 1.165) is 30.2 Å². The third-order valence-corrected chi connectivity index (χ3v) is 5.16. The topological polar surface area (TPSA) is 87.5 Å². The van der Waals surface area contributed by atoms with E-state index < -0.39 is 6.03 Å². The molecule has 3 rings (SSSR count). The Hall–Kier alpha value is -1.79. The van der Waals surface area contributed by atoms with Gasteiger partial charge in [0.25, 0.3) is 0 Å². The third kappa shape index (κ3) is 4.39. The van der Waals surface area contributed by atoms with Crippen LogP contribution < -0.4 is 16.4 Å². The molecule has 0 aromatic heterocycles. The van der Waals surface area contributed by atoms with E-state index in [1.54, 1.807) is 0 Å². The van der Waals surface area contributed by atoms with Gasteiger partial charge >= 0.3 is 6.03 Å². The van der Waals surface area contributed by atoms with Crippen LogP contribution in [0.1, 0.15) is 18.4 Å². The van der Waals surface area contributed by atoms with Gasteiger partial charge in [-0.2, -0.15) is 0 Å². The Morgan fingerprint density at radius 3 is 2.67 bits per heavy atom. The molecule has 1 saturated heterocycles. The van der Waals surface area contributed by atoms with Gasteiger partial charge in [-0.25, -0.2) is 4.79 Å². The lowest BCUT2D eigenvalue weighted by atomic mass is 9.98. The smallest absolute Gasteiger partial charge is 0.312 e. The fourth-order valence-corrected chi connectivity index (χ4v) is 3.69. The third-order valence-electron chi connectivity index (χ3n) is 4.79. The molecule has 1 aliphatic heterocycles. The lowest BCUT2D eigenvalue weighted by Gasteiger charge is -2.19. The van der Waals surface area contributed by atoms with Crippen molar-refractivity contribution >= 4 is 23.5 Å². The maximum Gasteiger partial charge on any atom is 0.312 e. The van der Waals surface area contributed by atoms with Crippen LogP contribution in [0.15, 0.2) is 24.3 Å². The van der Waals surface area contributed by atoms with Crippen molar-refractivity contribution in [3.8, 4) is 0 Å². The van der Waals surface area contributed by atoms with Gasteiger partial charge in [-0.3, -0.25) is 9.69 Å². The second-order valence-electron chi connectivity index (χ2n) is 6.68. The molecule has 1 aromatic carbocycles. The molecule has 1 heterocycles. The van der Waals surface area contributed by atoms with Crippen molar-refractivity contribution in [1.29, 1.82) is 0 Å². The molecule has 1 aliphatic carbocycles. The molecule has 0 bridgehead atoms.